The van der Waals surface area contributed by atoms with Gasteiger partial charge in [0.2, 0.25) is 0 Å². The molecule has 0 saturated carbocycles. The highest BCUT2D eigenvalue weighted by Gasteiger charge is 2.30. The molecule has 0 radical (unpaired) electrons. The molecule has 0 aliphatic heterocycles. The van der Waals surface area contributed by atoms with Gasteiger partial charge in [-0.1, -0.05) is 251 Å². The largest absolute Gasteiger partial charge is 0.472 e. The number of aliphatic hydroxyl groups is 1. The van der Waals surface area contributed by atoms with Crippen LogP contribution in [-0.2, 0) is 65.4 Å². The van der Waals surface area contributed by atoms with Crippen LogP contribution < -0.4 is 0 Å². The Morgan fingerprint density at radius 2 is 0.582 bits per heavy atom. The molecule has 0 fully saturated rings. The molecule has 19 heteroatoms. The van der Waals surface area contributed by atoms with Crippen molar-refractivity contribution in [3.8, 4) is 0 Å². The Balaban J connectivity index is 5.40. The van der Waals surface area contributed by atoms with Gasteiger partial charge in [0.25, 0.3) is 0 Å². The zero-order chi connectivity index (χ0) is 71.8. The number of phosphoric acid groups is 2. The van der Waals surface area contributed by atoms with E-state index in [4.69, 9.17) is 37.0 Å². The summed E-state index contributed by atoms with van der Waals surface area (Å²) >= 11 is 0. The van der Waals surface area contributed by atoms with Crippen LogP contribution in [0.1, 0.15) is 285 Å². The summed E-state index contributed by atoms with van der Waals surface area (Å²) in [4.78, 5) is 72.7. The van der Waals surface area contributed by atoms with E-state index in [1.807, 2.05) is 18.2 Å². The molecule has 0 aromatic heterocycles. The van der Waals surface area contributed by atoms with Crippen molar-refractivity contribution in [1.82, 2.24) is 0 Å². The SMILES string of the molecule is CC/C=C\C/C=C\C/C=C\C/C=C\C/C=C\C/C=C\CCC(=O)OCC(COP(=O)(O)OCC(O)COP(=O)(O)OCC(COC(=O)CCCCCCC/C=C\C/C=C\CCCCC)OC(=O)CCCCCCC/C=C\C/C=C\CCC)OC(=O)CCCCCCC/C=C\CCCC. The van der Waals surface area contributed by atoms with Crippen molar-refractivity contribution in [2.45, 2.75) is 303 Å². The van der Waals surface area contributed by atoms with Crippen molar-refractivity contribution in [3.63, 3.8) is 0 Å². The summed E-state index contributed by atoms with van der Waals surface area (Å²) in [6.07, 6.45) is 77.5. The lowest BCUT2D eigenvalue weighted by Gasteiger charge is -2.21. The monoisotopic (exact) mass is 1410 g/mol. The quantitative estimate of drug-likeness (QED) is 0.0169. The number of aliphatic hydroxyl groups excluding tert-OH is 1. The summed E-state index contributed by atoms with van der Waals surface area (Å²) in [7, 11) is -9.98. The lowest BCUT2D eigenvalue weighted by Crippen LogP contribution is -2.30. The van der Waals surface area contributed by atoms with Crippen molar-refractivity contribution in [2.24, 2.45) is 0 Å². The first-order valence-electron chi connectivity index (χ1n) is 37.4. The molecule has 5 unspecified atom stereocenters. The minimum absolute atomic E-state index is 0.0313. The zero-order valence-corrected chi connectivity index (χ0v) is 62.7. The number of rotatable bonds is 69. The summed E-state index contributed by atoms with van der Waals surface area (Å²) in [5.41, 5.74) is 0. The summed E-state index contributed by atoms with van der Waals surface area (Å²) in [6.45, 7) is 4.48. The van der Waals surface area contributed by atoms with Gasteiger partial charge in [0.05, 0.1) is 26.4 Å². The van der Waals surface area contributed by atoms with Crippen molar-refractivity contribution in [1.29, 1.82) is 0 Å². The molecule has 0 amide bonds. The number of phosphoric ester groups is 2. The van der Waals surface area contributed by atoms with Crippen LogP contribution in [0.15, 0.2) is 134 Å². The van der Waals surface area contributed by atoms with Gasteiger partial charge in [0, 0.05) is 25.7 Å². The van der Waals surface area contributed by atoms with E-state index in [2.05, 4.69) is 143 Å². The van der Waals surface area contributed by atoms with Gasteiger partial charge in [0.1, 0.15) is 19.3 Å². The van der Waals surface area contributed by atoms with Crippen LogP contribution in [0.3, 0.4) is 0 Å². The first-order chi connectivity index (χ1) is 47.7. The van der Waals surface area contributed by atoms with E-state index in [1.165, 1.54) is 32.1 Å². The van der Waals surface area contributed by atoms with Crippen LogP contribution in [0.2, 0.25) is 0 Å². The Morgan fingerprint density at radius 3 is 0.959 bits per heavy atom. The molecule has 0 rings (SSSR count). The van der Waals surface area contributed by atoms with E-state index in [-0.39, 0.29) is 25.7 Å². The van der Waals surface area contributed by atoms with Gasteiger partial charge in [0.15, 0.2) is 12.2 Å². The zero-order valence-electron chi connectivity index (χ0n) is 60.9. The fourth-order valence-electron chi connectivity index (χ4n) is 9.35. The predicted octanol–water partition coefficient (Wildman–Crippen LogP) is 21.3. The van der Waals surface area contributed by atoms with Crippen LogP contribution in [0.25, 0.3) is 0 Å². The molecule has 98 heavy (non-hydrogen) atoms. The van der Waals surface area contributed by atoms with Gasteiger partial charge in [-0.2, -0.15) is 0 Å². The summed E-state index contributed by atoms with van der Waals surface area (Å²) in [5.74, 6) is -2.32. The molecular weight excluding hydrogens is 1280 g/mol. The minimum Gasteiger partial charge on any atom is -0.462 e. The van der Waals surface area contributed by atoms with E-state index in [0.717, 1.165) is 167 Å². The van der Waals surface area contributed by atoms with Gasteiger partial charge >= 0.3 is 39.5 Å². The number of hydrogen-bond donors (Lipinski definition) is 3. The van der Waals surface area contributed by atoms with E-state index >= 15 is 0 Å². The molecule has 0 aromatic rings. The molecule has 0 heterocycles. The van der Waals surface area contributed by atoms with Crippen molar-refractivity contribution in [2.75, 3.05) is 39.6 Å². The van der Waals surface area contributed by atoms with Gasteiger partial charge in [-0.15, -0.1) is 0 Å². The lowest BCUT2D eigenvalue weighted by atomic mass is 10.1. The fourth-order valence-corrected chi connectivity index (χ4v) is 10.9. The van der Waals surface area contributed by atoms with Crippen LogP contribution >= 0.6 is 15.6 Å². The Morgan fingerprint density at radius 1 is 0.296 bits per heavy atom. The molecule has 0 aromatic carbocycles. The molecule has 17 nitrogen and oxygen atoms in total. The normalized spacial score (nSPS) is 14.7. The third-order valence-electron chi connectivity index (χ3n) is 15.1. The first-order valence-corrected chi connectivity index (χ1v) is 40.4. The predicted molar refractivity (Wildman–Crippen MR) is 399 cm³/mol. The Bertz CT molecular complexity index is 2380. The van der Waals surface area contributed by atoms with Crippen LogP contribution in [-0.4, -0.2) is 96.7 Å². The van der Waals surface area contributed by atoms with Crippen molar-refractivity contribution in [3.05, 3.63) is 134 Å². The van der Waals surface area contributed by atoms with E-state index < -0.39 is 97.5 Å². The van der Waals surface area contributed by atoms with E-state index in [0.29, 0.717) is 32.1 Å². The molecule has 0 spiro atoms. The van der Waals surface area contributed by atoms with Gasteiger partial charge in [-0.05, 0) is 141 Å². The molecule has 0 aliphatic rings. The van der Waals surface area contributed by atoms with Crippen LogP contribution in [0.4, 0.5) is 0 Å². The molecule has 0 aliphatic carbocycles. The Hall–Kier alpha value is -4.80. The maximum Gasteiger partial charge on any atom is 0.472 e. The maximum absolute atomic E-state index is 13.1. The summed E-state index contributed by atoms with van der Waals surface area (Å²) < 4.78 is 68.3. The van der Waals surface area contributed by atoms with Crippen molar-refractivity contribution >= 4 is 39.5 Å². The minimum atomic E-state index is -4.99. The average molecular weight is 1420 g/mol. The van der Waals surface area contributed by atoms with Crippen LogP contribution in [0.5, 0.6) is 0 Å². The fraction of sp³-hybridized carbons (Fsp3) is 0.671. The van der Waals surface area contributed by atoms with E-state index in [9.17, 15) is 43.2 Å². The number of carbonyl (C=O) groups is 4. The number of esters is 4. The summed E-state index contributed by atoms with van der Waals surface area (Å²) in [5, 5.41) is 10.6. The lowest BCUT2D eigenvalue weighted by molar-refractivity contribution is -0.161. The first kappa shape index (κ1) is 93.2. The molecule has 5 atom stereocenters. The van der Waals surface area contributed by atoms with Gasteiger partial charge in [-0.3, -0.25) is 37.3 Å². The maximum atomic E-state index is 13.1. The van der Waals surface area contributed by atoms with Gasteiger partial charge < -0.3 is 33.8 Å². The Kier molecular flexibility index (Phi) is 67.2. The average Bonchev–Trinajstić information content (AvgIpc) is 1.00. The van der Waals surface area contributed by atoms with Crippen LogP contribution in [0, 0.1) is 0 Å². The second kappa shape index (κ2) is 70.6. The number of allylic oxidation sites excluding steroid dienone is 22. The standard InChI is InChI=1S/C79H132O17P2/c1-5-9-13-17-21-25-29-32-34-35-36-37-39-42-45-48-52-56-60-64-77(82)89-69-74(95-78(83)65-61-57-53-49-43-28-24-20-16-12-8-4)71-93-97(85,86)91-67-73(80)68-92-98(87,88)94-72-75(96-79(84)66-62-58-54-50-46-40-31-27-23-19-15-11-7-3)70-90-76(81)63-59-55-51-47-44-41-38-33-30-26-22-18-14-10-6-2/h9,13,15,19-22,24-27,31-34,36-38,42,45,52,56,73-75,80H,5-8,10-12,14,16-18,23,28-30,35,39-41,43-44,46-51,53-55,57-72H2,1-4H3,(H,85,86)(H,87,88)/b13-9-,19-15-,24-20-,25-21-,26-22-,31-27-,34-32-,37-36-,38-33-,45-42-,56-52-. The number of hydrogen-bond acceptors (Lipinski definition) is 15. The molecule has 0 saturated heterocycles. The van der Waals surface area contributed by atoms with Gasteiger partial charge in [-0.25, -0.2) is 9.13 Å². The second-order valence-corrected chi connectivity index (χ2v) is 27.4. The topological polar surface area (TPSA) is 237 Å². The number of unbranched alkanes of at least 4 members (excludes halogenated alkanes) is 21. The molecule has 3 N–H and O–H groups in total. The molecule has 0 bridgehead atoms. The third kappa shape index (κ3) is 69.7. The molecule has 560 valence electrons. The Labute approximate surface area is 593 Å². The summed E-state index contributed by atoms with van der Waals surface area (Å²) in [6, 6.07) is 0. The van der Waals surface area contributed by atoms with E-state index in [1.54, 1.807) is 0 Å². The smallest absolute Gasteiger partial charge is 0.462 e. The number of ether oxygens (including phenoxy) is 4. The highest BCUT2D eigenvalue weighted by molar-refractivity contribution is 7.47. The van der Waals surface area contributed by atoms with Crippen molar-refractivity contribution < 1.29 is 80.2 Å². The molecular formula is C79H132O17P2. The highest BCUT2D eigenvalue weighted by atomic mass is 31.2. The third-order valence-corrected chi connectivity index (χ3v) is 17.0. The second-order valence-electron chi connectivity index (χ2n) is 24.5. The highest BCUT2D eigenvalue weighted by Crippen LogP contribution is 2.45. The number of carbonyl (C=O) groups excluding carboxylic acids is 4.